The van der Waals surface area contributed by atoms with Crippen molar-refractivity contribution < 1.29 is 4.79 Å². The highest BCUT2D eigenvalue weighted by atomic mass is 16.1. The molecule has 1 aromatic carbocycles. The molecule has 0 spiro atoms. The molecule has 0 radical (unpaired) electrons. The smallest absolute Gasteiger partial charge is 0.251 e. The molecule has 8 heteroatoms. The molecule has 2 saturated heterocycles. The molecule has 0 unspecified atom stereocenters. The third-order valence-corrected chi connectivity index (χ3v) is 6.96. The average molecular weight is 448 g/mol. The number of hydrogen-bond donors (Lipinski definition) is 1. The Kier molecular flexibility index (Phi) is 6.92. The first-order valence-electron chi connectivity index (χ1n) is 12.3. The van der Waals surface area contributed by atoms with Gasteiger partial charge in [0.1, 0.15) is 5.52 Å². The molecule has 0 bridgehead atoms. The highest BCUT2D eigenvalue weighted by Gasteiger charge is 2.25. The van der Waals surface area contributed by atoms with Gasteiger partial charge in [-0.25, -0.2) is 4.98 Å². The van der Waals surface area contributed by atoms with Crippen molar-refractivity contribution in [1.29, 1.82) is 0 Å². The zero-order valence-electron chi connectivity index (χ0n) is 19.2. The number of likely N-dealkylation sites (tertiary alicyclic amines) is 2. The van der Waals surface area contributed by atoms with Gasteiger partial charge in [-0.15, -0.1) is 5.10 Å². The second-order valence-corrected chi connectivity index (χ2v) is 9.18. The van der Waals surface area contributed by atoms with E-state index in [1.807, 2.05) is 36.4 Å². The van der Waals surface area contributed by atoms with Gasteiger partial charge in [0.05, 0.1) is 5.69 Å². The van der Waals surface area contributed by atoms with Crippen LogP contribution in [0.3, 0.4) is 0 Å². The second-order valence-electron chi connectivity index (χ2n) is 9.18. The number of nitrogens with one attached hydrogen (secondary N) is 1. The zero-order valence-corrected chi connectivity index (χ0v) is 19.2. The van der Waals surface area contributed by atoms with Crippen molar-refractivity contribution in [2.45, 2.75) is 44.6 Å². The van der Waals surface area contributed by atoms with Crippen molar-refractivity contribution >= 4 is 17.1 Å². The van der Waals surface area contributed by atoms with Gasteiger partial charge >= 0.3 is 0 Å². The van der Waals surface area contributed by atoms with E-state index in [1.54, 1.807) is 10.9 Å². The van der Waals surface area contributed by atoms with Crippen LogP contribution >= 0.6 is 0 Å². The summed E-state index contributed by atoms with van der Waals surface area (Å²) in [5, 5.41) is 11.4. The van der Waals surface area contributed by atoms with E-state index in [9.17, 15) is 4.79 Å². The number of nitrogens with zero attached hydrogens (tertiary/aromatic N) is 6. The molecule has 2 fully saturated rings. The summed E-state index contributed by atoms with van der Waals surface area (Å²) in [4.78, 5) is 22.3. The van der Waals surface area contributed by atoms with Crippen LogP contribution in [-0.2, 0) is 0 Å². The van der Waals surface area contributed by atoms with Crippen LogP contribution in [0, 0.1) is 0 Å². The van der Waals surface area contributed by atoms with Crippen LogP contribution in [0.4, 0.5) is 0 Å². The number of benzene rings is 1. The maximum absolute atomic E-state index is 12.7. The quantitative estimate of drug-likeness (QED) is 0.561. The predicted molar refractivity (Wildman–Crippen MR) is 128 cm³/mol. The number of aromatic nitrogens is 4. The Bertz CT molecular complexity index is 1070. The van der Waals surface area contributed by atoms with Crippen molar-refractivity contribution in [3.63, 3.8) is 0 Å². The largest absolute Gasteiger partial charge is 0.352 e. The molecule has 0 aliphatic carbocycles. The molecule has 2 aliphatic rings. The first-order chi connectivity index (χ1) is 16.3. The molecule has 0 saturated carbocycles. The normalized spacial score (nSPS) is 18.5. The number of carbonyl (C=O) groups excluding carboxylic acids is 1. The summed E-state index contributed by atoms with van der Waals surface area (Å²) in [6.07, 6.45) is 9.40. The summed E-state index contributed by atoms with van der Waals surface area (Å²) < 4.78 is 1.67. The molecule has 33 heavy (non-hydrogen) atoms. The SMILES string of the molecule is O=C(NCCCN1CCC(N2CCCCC2)CC1)c1cccc(-n2nnc3cccnc32)c1. The minimum Gasteiger partial charge on any atom is -0.352 e. The van der Waals surface area contributed by atoms with Gasteiger partial charge in [-0.2, -0.15) is 4.68 Å². The predicted octanol–water partition coefficient (Wildman–Crippen LogP) is 2.89. The summed E-state index contributed by atoms with van der Waals surface area (Å²) in [6, 6.07) is 11.9. The maximum atomic E-state index is 12.7. The molecule has 2 aromatic heterocycles. The summed E-state index contributed by atoms with van der Waals surface area (Å²) in [6.45, 7) is 6.67. The Morgan fingerprint density at radius 3 is 2.73 bits per heavy atom. The molecule has 8 nitrogen and oxygen atoms in total. The van der Waals surface area contributed by atoms with Crippen molar-refractivity contribution in [3.05, 3.63) is 48.2 Å². The van der Waals surface area contributed by atoms with Crippen LogP contribution in [0.15, 0.2) is 42.6 Å². The lowest BCUT2D eigenvalue weighted by molar-refractivity contribution is 0.0903. The molecule has 3 aromatic rings. The highest BCUT2D eigenvalue weighted by molar-refractivity contribution is 5.94. The summed E-state index contributed by atoms with van der Waals surface area (Å²) >= 11 is 0. The van der Waals surface area contributed by atoms with E-state index in [2.05, 4.69) is 30.4 Å². The maximum Gasteiger partial charge on any atom is 0.251 e. The van der Waals surface area contributed by atoms with Crippen molar-refractivity contribution in [1.82, 2.24) is 35.1 Å². The van der Waals surface area contributed by atoms with Gasteiger partial charge in [0.2, 0.25) is 0 Å². The molecule has 174 valence electrons. The fraction of sp³-hybridized carbons (Fsp3) is 0.520. The topological polar surface area (TPSA) is 79.2 Å². The third kappa shape index (κ3) is 5.23. The van der Waals surface area contributed by atoms with Crippen molar-refractivity contribution in [2.24, 2.45) is 0 Å². The summed E-state index contributed by atoms with van der Waals surface area (Å²) in [5.41, 5.74) is 2.81. The van der Waals surface area contributed by atoms with Gasteiger partial charge < -0.3 is 15.1 Å². The standard InChI is InChI=1S/C25H33N7O/c33-25(20-7-4-8-22(19-20)32-24-23(28-29-32)9-5-12-26-24)27-13-6-14-30-17-10-21(11-18-30)31-15-2-1-3-16-31/h4-5,7-9,12,19,21H,1-3,6,10-11,13-18H2,(H,27,33). The highest BCUT2D eigenvalue weighted by Crippen LogP contribution is 2.21. The van der Waals surface area contributed by atoms with E-state index in [1.165, 1.54) is 58.3 Å². The zero-order chi connectivity index (χ0) is 22.5. The lowest BCUT2D eigenvalue weighted by Crippen LogP contribution is -2.47. The molecule has 4 heterocycles. The Morgan fingerprint density at radius 1 is 1.03 bits per heavy atom. The number of hydrogen-bond acceptors (Lipinski definition) is 6. The fourth-order valence-electron chi connectivity index (χ4n) is 5.12. The lowest BCUT2D eigenvalue weighted by Gasteiger charge is -2.40. The minimum atomic E-state index is -0.0574. The molecule has 1 N–H and O–H groups in total. The van der Waals surface area contributed by atoms with Crippen LogP contribution in [0.25, 0.3) is 16.9 Å². The van der Waals surface area contributed by atoms with Crippen LogP contribution in [0.2, 0.25) is 0 Å². The average Bonchev–Trinajstić information content (AvgIpc) is 3.32. The summed E-state index contributed by atoms with van der Waals surface area (Å²) in [5.74, 6) is -0.0574. The molecule has 2 aliphatic heterocycles. The summed E-state index contributed by atoms with van der Waals surface area (Å²) in [7, 11) is 0. The first-order valence-corrected chi connectivity index (χ1v) is 12.3. The Morgan fingerprint density at radius 2 is 1.88 bits per heavy atom. The van der Waals surface area contributed by atoms with E-state index >= 15 is 0 Å². The lowest BCUT2D eigenvalue weighted by atomic mass is 10.00. The van der Waals surface area contributed by atoms with E-state index < -0.39 is 0 Å². The Hall–Kier alpha value is -2.84. The van der Waals surface area contributed by atoms with Gasteiger partial charge in [-0.3, -0.25) is 4.79 Å². The fourth-order valence-corrected chi connectivity index (χ4v) is 5.12. The van der Waals surface area contributed by atoms with Gasteiger partial charge in [0.15, 0.2) is 5.65 Å². The van der Waals surface area contributed by atoms with Crippen LogP contribution in [0.1, 0.15) is 48.9 Å². The Balaban J connectivity index is 1.08. The van der Waals surface area contributed by atoms with E-state index in [0.29, 0.717) is 17.8 Å². The molecular weight excluding hydrogens is 414 g/mol. The van der Waals surface area contributed by atoms with E-state index in [4.69, 9.17) is 0 Å². The second kappa shape index (κ2) is 10.4. The van der Waals surface area contributed by atoms with Crippen LogP contribution < -0.4 is 5.32 Å². The number of amides is 1. The van der Waals surface area contributed by atoms with E-state index in [-0.39, 0.29) is 5.91 Å². The van der Waals surface area contributed by atoms with E-state index in [0.717, 1.165) is 30.2 Å². The van der Waals surface area contributed by atoms with Crippen LogP contribution in [0.5, 0.6) is 0 Å². The molecule has 5 rings (SSSR count). The minimum absolute atomic E-state index is 0.0574. The molecular formula is C25H33N7O. The number of rotatable bonds is 7. The molecule has 0 atom stereocenters. The van der Waals surface area contributed by atoms with Gasteiger partial charge in [-0.05, 0) is 95.2 Å². The number of piperidine rings is 2. The van der Waals surface area contributed by atoms with Gasteiger partial charge in [0.25, 0.3) is 5.91 Å². The van der Waals surface area contributed by atoms with Crippen molar-refractivity contribution in [3.8, 4) is 5.69 Å². The monoisotopic (exact) mass is 447 g/mol. The first kappa shape index (κ1) is 22.0. The Labute approximate surface area is 195 Å². The number of pyridine rings is 1. The number of fused-ring (bicyclic) bond motifs is 1. The van der Waals surface area contributed by atoms with Gasteiger partial charge in [0, 0.05) is 24.3 Å². The number of carbonyl (C=O) groups is 1. The van der Waals surface area contributed by atoms with Crippen molar-refractivity contribution in [2.75, 3.05) is 39.3 Å². The third-order valence-electron chi connectivity index (χ3n) is 6.96. The van der Waals surface area contributed by atoms with Gasteiger partial charge in [-0.1, -0.05) is 17.7 Å². The molecule has 1 amide bonds. The van der Waals surface area contributed by atoms with Crippen LogP contribution in [-0.4, -0.2) is 81.0 Å².